The zero-order valence-electron chi connectivity index (χ0n) is 8.51. The maximum absolute atomic E-state index is 11.8. The first-order valence-electron chi connectivity index (χ1n) is 4.78. The van der Waals surface area contributed by atoms with E-state index in [1.54, 1.807) is 0 Å². The van der Waals surface area contributed by atoms with Crippen LogP contribution in [0.1, 0.15) is 15.2 Å². The fourth-order valence-electron chi connectivity index (χ4n) is 1.43. The van der Waals surface area contributed by atoms with Crippen LogP contribution in [-0.2, 0) is 6.54 Å². The lowest BCUT2D eigenvalue weighted by Crippen LogP contribution is -2.37. The van der Waals surface area contributed by atoms with E-state index in [4.69, 9.17) is 0 Å². The monoisotopic (exact) mass is 218 g/mol. The van der Waals surface area contributed by atoms with Crippen LogP contribution in [-0.4, -0.2) is 5.78 Å². The summed E-state index contributed by atoms with van der Waals surface area (Å²) in [6.07, 6.45) is 3.89. The Morgan fingerprint density at radius 2 is 2.27 bits per heavy atom. The molecule has 3 heteroatoms. The van der Waals surface area contributed by atoms with E-state index in [2.05, 4.69) is 0 Å². The Morgan fingerprint density at radius 1 is 1.40 bits per heavy atom. The van der Waals surface area contributed by atoms with Crippen molar-refractivity contribution in [1.29, 1.82) is 0 Å². The molecule has 2 heterocycles. The van der Waals surface area contributed by atoms with Crippen molar-refractivity contribution in [3.63, 3.8) is 0 Å². The average molecular weight is 218 g/mol. The second-order valence-electron chi connectivity index (χ2n) is 3.45. The Bertz CT molecular complexity index is 462. The summed E-state index contributed by atoms with van der Waals surface area (Å²) in [6, 6.07) is 7.74. The van der Waals surface area contributed by atoms with Gasteiger partial charge in [0.15, 0.2) is 12.4 Å². The molecule has 0 aromatic carbocycles. The number of hydrogen-bond donors (Lipinski definition) is 0. The van der Waals surface area contributed by atoms with Crippen LogP contribution < -0.4 is 4.57 Å². The molecular formula is C12H12NOS+. The van der Waals surface area contributed by atoms with Gasteiger partial charge in [0.1, 0.15) is 0 Å². The maximum atomic E-state index is 11.8. The normalized spacial score (nSPS) is 10.2. The number of aryl methyl sites for hydroxylation is 1. The molecule has 0 aliphatic heterocycles. The molecule has 0 fully saturated rings. The summed E-state index contributed by atoms with van der Waals surface area (Å²) >= 11 is 1.49. The van der Waals surface area contributed by atoms with Gasteiger partial charge in [-0.2, -0.15) is 4.57 Å². The molecule has 76 valence electrons. The molecule has 0 spiro atoms. The molecule has 15 heavy (non-hydrogen) atoms. The highest BCUT2D eigenvalue weighted by molar-refractivity contribution is 7.12. The number of hydrogen-bond acceptors (Lipinski definition) is 2. The minimum Gasteiger partial charge on any atom is -0.286 e. The van der Waals surface area contributed by atoms with Crippen molar-refractivity contribution in [3.8, 4) is 0 Å². The fourth-order valence-corrected chi connectivity index (χ4v) is 2.09. The maximum Gasteiger partial charge on any atom is 0.237 e. The van der Waals surface area contributed by atoms with Gasteiger partial charge >= 0.3 is 0 Å². The van der Waals surface area contributed by atoms with E-state index in [1.165, 1.54) is 11.3 Å². The summed E-state index contributed by atoms with van der Waals surface area (Å²) in [7, 11) is 0. The Hall–Kier alpha value is -1.48. The SMILES string of the molecule is Cc1ccc[n+](CC(=O)c2cccs2)c1. The first-order valence-corrected chi connectivity index (χ1v) is 5.66. The number of carbonyl (C=O) groups excluding carboxylic acids is 1. The number of rotatable bonds is 3. The third kappa shape index (κ3) is 2.50. The summed E-state index contributed by atoms with van der Waals surface area (Å²) < 4.78 is 1.91. The van der Waals surface area contributed by atoms with Crippen molar-refractivity contribution < 1.29 is 9.36 Å². The van der Waals surface area contributed by atoms with Gasteiger partial charge in [-0.1, -0.05) is 6.07 Å². The molecule has 0 aliphatic carbocycles. The van der Waals surface area contributed by atoms with Crippen molar-refractivity contribution in [2.45, 2.75) is 13.5 Å². The van der Waals surface area contributed by atoms with Gasteiger partial charge < -0.3 is 0 Å². The smallest absolute Gasteiger partial charge is 0.237 e. The topological polar surface area (TPSA) is 20.9 Å². The lowest BCUT2D eigenvalue weighted by Gasteiger charge is -1.95. The third-order valence-electron chi connectivity index (χ3n) is 2.13. The second kappa shape index (κ2) is 4.36. The number of Topliss-reactive ketones (excluding diaryl/α,β-unsaturated/α-hetero) is 1. The van der Waals surface area contributed by atoms with E-state index in [0.717, 1.165) is 10.4 Å². The molecule has 2 rings (SSSR count). The number of carbonyl (C=O) groups is 1. The molecule has 0 aliphatic rings. The largest absolute Gasteiger partial charge is 0.286 e. The predicted molar refractivity (Wildman–Crippen MR) is 60.0 cm³/mol. The highest BCUT2D eigenvalue weighted by Gasteiger charge is 2.12. The van der Waals surface area contributed by atoms with Gasteiger partial charge in [0.25, 0.3) is 0 Å². The van der Waals surface area contributed by atoms with Gasteiger partial charge in [0, 0.05) is 11.6 Å². The predicted octanol–water partition coefficient (Wildman–Crippen LogP) is 2.23. The van der Waals surface area contributed by atoms with E-state index in [1.807, 2.05) is 53.5 Å². The molecule has 0 unspecified atom stereocenters. The molecule has 2 nitrogen and oxygen atoms in total. The molecule has 0 radical (unpaired) electrons. The van der Waals surface area contributed by atoms with Crippen LogP contribution in [0.4, 0.5) is 0 Å². The van der Waals surface area contributed by atoms with Crippen LogP contribution >= 0.6 is 11.3 Å². The fraction of sp³-hybridized carbons (Fsp3) is 0.167. The molecular weight excluding hydrogens is 206 g/mol. The highest BCUT2D eigenvalue weighted by Crippen LogP contribution is 2.08. The van der Waals surface area contributed by atoms with Crippen molar-refractivity contribution in [2.24, 2.45) is 0 Å². The molecule has 0 saturated carbocycles. The molecule has 0 saturated heterocycles. The molecule has 2 aromatic heterocycles. The molecule has 2 aromatic rings. The van der Waals surface area contributed by atoms with Crippen molar-refractivity contribution in [1.82, 2.24) is 0 Å². The van der Waals surface area contributed by atoms with Gasteiger partial charge in [0.05, 0.1) is 4.88 Å². The summed E-state index contributed by atoms with van der Waals surface area (Å²) in [5.41, 5.74) is 1.16. The lowest BCUT2D eigenvalue weighted by atomic mass is 10.3. The van der Waals surface area contributed by atoms with E-state index in [0.29, 0.717) is 6.54 Å². The minimum absolute atomic E-state index is 0.167. The second-order valence-corrected chi connectivity index (χ2v) is 4.40. The van der Waals surface area contributed by atoms with Gasteiger partial charge in [-0.05, 0) is 24.4 Å². The zero-order valence-corrected chi connectivity index (χ0v) is 9.33. The quantitative estimate of drug-likeness (QED) is 0.571. The van der Waals surface area contributed by atoms with Crippen LogP contribution in [0.25, 0.3) is 0 Å². The summed E-state index contributed by atoms with van der Waals surface area (Å²) in [5.74, 6) is 0.167. The molecule has 0 N–H and O–H groups in total. The zero-order chi connectivity index (χ0) is 10.7. The van der Waals surface area contributed by atoms with Crippen LogP contribution in [0.3, 0.4) is 0 Å². The number of pyridine rings is 1. The molecule has 0 atom stereocenters. The van der Waals surface area contributed by atoms with Gasteiger partial charge in [-0.3, -0.25) is 4.79 Å². The van der Waals surface area contributed by atoms with Crippen molar-refractivity contribution in [3.05, 3.63) is 52.5 Å². The average Bonchev–Trinajstić information content (AvgIpc) is 2.70. The van der Waals surface area contributed by atoms with E-state index in [9.17, 15) is 4.79 Å². The van der Waals surface area contributed by atoms with E-state index in [-0.39, 0.29) is 5.78 Å². The van der Waals surface area contributed by atoms with Gasteiger partial charge in [-0.25, -0.2) is 0 Å². The first-order chi connectivity index (χ1) is 7.25. The van der Waals surface area contributed by atoms with Crippen LogP contribution in [0.15, 0.2) is 42.0 Å². The summed E-state index contributed by atoms with van der Waals surface area (Å²) in [6.45, 7) is 2.44. The van der Waals surface area contributed by atoms with Crippen LogP contribution in [0, 0.1) is 6.92 Å². The number of thiophene rings is 1. The summed E-state index contributed by atoms with van der Waals surface area (Å²) in [4.78, 5) is 12.6. The van der Waals surface area contributed by atoms with Crippen LogP contribution in [0.2, 0.25) is 0 Å². The Morgan fingerprint density at radius 3 is 2.93 bits per heavy atom. The lowest BCUT2D eigenvalue weighted by molar-refractivity contribution is -0.683. The minimum atomic E-state index is 0.167. The molecule has 0 bridgehead atoms. The first kappa shape index (κ1) is 10.1. The Balaban J connectivity index is 2.13. The Labute approximate surface area is 92.8 Å². The number of ketones is 1. The van der Waals surface area contributed by atoms with Gasteiger partial charge in [0.2, 0.25) is 12.3 Å². The summed E-state index contributed by atoms with van der Waals surface area (Å²) in [5, 5.41) is 1.92. The van der Waals surface area contributed by atoms with E-state index >= 15 is 0 Å². The van der Waals surface area contributed by atoms with Crippen LogP contribution in [0.5, 0.6) is 0 Å². The van der Waals surface area contributed by atoms with E-state index < -0.39 is 0 Å². The van der Waals surface area contributed by atoms with Crippen molar-refractivity contribution >= 4 is 17.1 Å². The number of aromatic nitrogens is 1. The standard InChI is InChI=1S/C12H12NOS/c1-10-4-2-6-13(8-10)9-11(14)12-5-3-7-15-12/h2-8H,9H2,1H3/q+1. The van der Waals surface area contributed by atoms with Crippen molar-refractivity contribution in [2.75, 3.05) is 0 Å². The Kier molecular flexibility index (Phi) is 2.92. The third-order valence-corrected chi connectivity index (χ3v) is 3.04. The number of nitrogens with zero attached hydrogens (tertiary/aromatic N) is 1. The highest BCUT2D eigenvalue weighted by atomic mass is 32.1. The van der Waals surface area contributed by atoms with Gasteiger partial charge in [-0.15, -0.1) is 11.3 Å². The molecule has 0 amide bonds.